The summed E-state index contributed by atoms with van der Waals surface area (Å²) in [6.07, 6.45) is 0. The molecule has 18 heavy (non-hydrogen) atoms. The monoisotopic (exact) mass is 244 g/mol. The number of carbonyl (C=O) groups excluding carboxylic acids is 1. The van der Waals surface area contributed by atoms with Crippen molar-refractivity contribution in [3.63, 3.8) is 0 Å². The first-order chi connectivity index (χ1) is 8.61. The van der Waals surface area contributed by atoms with Gasteiger partial charge in [0.05, 0.1) is 12.3 Å². The Balaban J connectivity index is 2.33. The molecule has 0 spiro atoms. The molecule has 0 unspecified atom stereocenters. The minimum absolute atomic E-state index is 0.0252. The molecule has 4 heteroatoms. The number of ether oxygens (including phenoxy) is 1. The zero-order valence-corrected chi connectivity index (χ0v) is 10.8. The predicted molar refractivity (Wildman–Crippen MR) is 69.8 cm³/mol. The van der Waals surface area contributed by atoms with Crippen LogP contribution in [0.15, 0.2) is 30.3 Å². The Hall–Kier alpha value is -2.10. The Morgan fingerprint density at radius 3 is 2.50 bits per heavy atom. The van der Waals surface area contributed by atoms with Gasteiger partial charge in [0, 0.05) is 19.5 Å². The number of nitrogens with zero attached hydrogens (tertiary/aromatic N) is 2. The maximum absolute atomic E-state index is 11.3. The average molecular weight is 244 g/mol. The van der Waals surface area contributed by atoms with Crippen LogP contribution in [-0.2, 0) is 7.05 Å². The van der Waals surface area contributed by atoms with Gasteiger partial charge in [-0.2, -0.15) is 5.10 Å². The van der Waals surface area contributed by atoms with E-state index in [1.54, 1.807) is 10.7 Å². The summed E-state index contributed by atoms with van der Waals surface area (Å²) >= 11 is 0. The van der Waals surface area contributed by atoms with Gasteiger partial charge >= 0.3 is 0 Å². The van der Waals surface area contributed by atoms with E-state index in [-0.39, 0.29) is 5.78 Å². The summed E-state index contributed by atoms with van der Waals surface area (Å²) in [5.74, 6) is 0.818. The lowest BCUT2D eigenvalue weighted by Crippen LogP contribution is -1.97. The lowest BCUT2D eigenvalue weighted by Gasteiger charge is -2.05. The molecule has 0 bridgehead atoms. The first-order valence-corrected chi connectivity index (χ1v) is 5.90. The van der Waals surface area contributed by atoms with E-state index in [0.29, 0.717) is 12.3 Å². The molecule has 0 saturated heterocycles. The molecule has 1 heterocycles. The number of hydrogen-bond donors (Lipinski definition) is 0. The molecule has 0 N–H and O–H groups in total. The van der Waals surface area contributed by atoms with Gasteiger partial charge in [-0.25, -0.2) is 0 Å². The van der Waals surface area contributed by atoms with Gasteiger partial charge in [-0.05, 0) is 37.3 Å². The van der Waals surface area contributed by atoms with Gasteiger partial charge in [0.1, 0.15) is 11.4 Å². The van der Waals surface area contributed by atoms with Crippen LogP contribution in [-0.4, -0.2) is 22.2 Å². The van der Waals surface area contributed by atoms with Crippen LogP contribution in [0.3, 0.4) is 0 Å². The highest BCUT2D eigenvalue weighted by Gasteiger charge is 2.10. The van der Waals surface area contributed by atoms with Crippen molar-refractivity contribution >= 4 is 5.78 Å². The van der Waals surface area contributed by atoms with Crippen LogP contribution in [0.25, 0.3) is 11.3 Å². The van der Waals surface area contributed by atoms with Gasteiger partial charge in [0.15, 0.2) is 5.78 Å². The number of carbonyl (C=O) groups is 1. The third kappa shape index (κ3) is 2.42. The Morgan fingerprint density at radius 2 is 2.00 bits per heavy atom. The van der Waals surface area contributed by atoms with E-state index < -0.39 is 0 Å². The Kier molecular flexibility index (Phi) is 3.46. The highest BCUT2D eigenvalue weighted by molar-refractivity contribution is 5.93. The van der Waals surface area contributed by atoms with Crippen molar-refractivity contribution in [1.82, 2.24) is 9.78 Å². The number of hydrogen-bond acceptors (Lipinski definition) is 3. The fourth-order valence-electron chi connectivity index (χ4n) is 1.80. The zero-order valence-electron chi connectivity index (χ0n) is 10.8. The van der Waals surface area contributed by atoms with E-state index in [0.717, 1.165) is 17.0 Å². The first-order valence-electron chi connectivity index (χ1n) is 5.90. The quantitative estimate of drug-likeness (QED) is 0.777. The SMILES string of the molecule is CCOc1ccc(-c2cc(C(C)=O)nn2C)cc1. The van der Waals surface area contributed by atoms with Crippen LogP contribution in [0.5, 0.6) is 5.75 Å². The summed E-state index contributed by atoms with van der Waals surface area (Å²) in [6, 6.07) is 9.56. The second-order valence-corrected chi connectivity index (χ2v) is 4.05. The summed E-state index contributed by atoms with van der Waals surface area (Å²) in [7, 11) is 1.83. The maximum atomic E-state index is 11.3. The average Bonchev–Trinajstić information content (AvgIpc) is 2.73. The van der Waals surface area contributed by atoms with Crippen molar-refractivity contribution in [3.8, 4) is 17.0 Å². The zero-order chi connectivity index (χ0) is 13.1. The molecule has 0 aliphatic carbocycles. The van der Waals surface area contributed by atoms with E-state index in [1.807, 2.05) is 38.2 Å². The first kappa shape index (κ1) is 12.4. The predicted octanol–water partition coefficient (Wildman–Crippen LogP) is 2.69. The molecule has 1 aromatic heterocycles. The van der Waals surface area contributed by atoms with E-state index in [1.165, 1.54) is 6.92 Å². The summed E-state index contributed by atoms with van der Waals surface area (Å²) in [4.78, 5) is 11.3. The molecule has 0 fully saturated rings. The van der Waals surface area contributed by atoms with Crippen LogP contribution in [0.2, 0.25) is 0 Å². The van der Waals surface area contributed by atoms with Crippen LogP contribution >= 0.6 is 0 Å². The van der Waals surface area contributed by atoms with Crippen molar-refractivity contribution < 1.29 is 9.53 Å². The van der Waals surface area contributed by atoms with Crippen LogP contribution in [0, 0.1) is 0 Å². The largest absolute Gasteiger partial charge is 0.494 e. The maximum Gasteiger partial charge on any atom is 0.180 e. The van der Waals surface area contributed by atoms with Crippen LogP contribution in [0.4, 0.5) is 0 Å². The second-order valence-electron chi connectivity index (χ2n) is 4.05. The van der Waals surface area contributed by atoms with Crippen molar-refractivity contribution in [3.05, 3.63) is 36.0 Å². The number of ketones is 1. The number of Topliss-reactive ketones (excluding diaryl/α,β-unsaturated/α-hetero) is 1. The molecule has 0 radical (unpaired) electrons. The second kappa shape index (κ2) is 5.04. The topological polar surface area (TPSA) is 44.1 Å². The Morgan fingerprint density at radius 1 is 1.33 bits per heavy atom. The number of aryl methyl sites for hydroxylation is 1. The fraction of sp³-hybridized carbons (Fsp3) is 0.286. The molecule has 94 valence electrons. The van der Waals surface area contributed by atoms with Gasteiger partial charge in [-0.3, -0.25) is 9.48 Å². The molecule has 0 amide bonds. The molecule has 0 saturated carbocycles. The van der Waals surface area contributed by atoms with Gasteiger partial charge in [0.2, 0.25) is 0 Å². The third-order valence-corrected chi connectivity index (χ3v) is 2.70. The van der Waals surface area contributed by atoms with Crippen molar-refractivity contribution in [2.45, 2.75) is 13.8 Å². The minimum Gasteiger partial charge on any atom is -0.494 e. The van der Waals surface area contributed by atoms with Crippen molar-refractivity contribution in [2.75, 3.05) is 6.61 Å². The standard InChI is InChI=1S/C14H16N2O2/c1-4-18-12-7-5-11(6-8-12)14-9-13(10(2)17)15-16(14)3/h5-9H,4H2,1-3H3. The van der Waals surface area contributed by atoms with E-state index in [9.17, 15) is 4.79 Å². The minimum atomic E-state index is -0.0252. The molecule has 2 rings (SSSR count). The summed E-state index contributed by atoms with van der Waals surface area (Å²) in [5.41, 5.74) is 2.42. The molecule has 0 atom stereocenters. The van der Waals surface area contributed by atoms with Crippen LogP contribution < -0.4 is 4.74 Å². The summed E-state index contributed by atoms with van der Waals surface area (Å²) in [5, 5.41) is 4.18. The molecule has 2 aromatic rings. The third-order valence-electron chi connectivity index (χ3n) is 2.70. The van der Waals surface area contributed by atoms with Gasteiger partial charge in [-0.1, -0.05) is 0 Å². The van der Waals surface area contributed by atoms with Gasteiger partial charge in [-0.15, -0.1) is 0 Å². The molecule has 4 nitrogen and oxygen atoms in total. The Bertz CT molecular complexity index is 556. The molecular formula is C14H16N2O2. The number of aromatic nitrogens is 2. The van der Waals surface area contributed by atoms with Crippen molar-refractivity contribution in [1.29, 1.82) is 0 Å². The number of benzene rings is 1. The summed E-state index contributed by atoms with van der Waals surface area (Å²) < 4.78 is 7.11. The summed E-state index contributed by atoms with van der Waals surface area (Å²) in [6.45, 7) is 4.12. The molecule has 0 aliphatic heterocycles. The van der Waals surface area contributed by atoms with E-state index in [4.69, 9.17) is 4.74 Å². The van der Waals surface area contributed by atoms with Crippen LogP contribution in [0.1, 0.15) is 24.3 Å². The van der Waals surface area contributed by atoms with E-state index in [2.05, 4.69) is 5.10 Å². The highest BCUT2D eigenvalue weighted by Crippen LogP contribution is 2.23. The smallest absolute Gasteiger partial charge is 0.180 e. The lowest BCUT2D eigenvalue weighted by molar-refractivity contribution is 0.101. The highest BCUT2D eigenvalue weighted by atomic mass is 16.5. The number of rotatable bonds is 4. The molecule has 0 aliphatic rings. The molecule has 1 aromatic carbocycles. The van der Waals surface area contributed by atoms with Gasteiger partial charge < -0.3 is 4.74 Å². The van der Waals surface area contributed by atoms with E-state index >= 15 is 0 Å². The van der Waals surface area contributed by atoms with Gasteiger partial charge in [0.25, 0.3) is 0 Å². The normalized spacial score (nSPS) is 10.4. The van der Waals surface area contributed by atoms with Crippen molar-refractivity contribution in [2.24, 2.45) is 7.05 Å². The fourth-order valence-corrected chi connectivity index (χ4v) is 1.80. The Labute approximate surface area is 106 Å². The lowest BCUT2D eigenvalue weighted by atomic mass is 10.1. The molecular weight excluding hydrogens is 228 g/mol.